The fraction of sp³-hybridized carbons (Fsp3) is 0.150. The van der Waals surface area contributed by atoms with Gasteiger partial charge in [-0.15, -0.1) is 27.8 Å². The average Bonchev–Trinajstić information content (AvgIpc) is 3.50. The lowest BCUT2D eigenvalue weighted by Crippen LogP contribution is -2.35. The maximum atomic E-state index is 13.1. The third-order valence-corrected chi connectivity index (χ3v) is 6.65. The molecule has 144 valence electrons. The van der Waals surface area contributed by atoms with Crippen molar-refractivity contribution in [2.24, 2.45) is 5.10 Å². The Morgan fingerprint density at radius 3 is 2.69 bits per heavy atom. The summed E-state index contributed by atoms with van der Waals surface area (Å²) in [5, 5.41) is 18.5. The Hall–Kier alpha value is -3.17. The van der Waals surface area contributed by atoms with Crippen LogP contribution in [0.4, 0.5) is 0 Å². The van der Waals surface area contributed by atoms with E-state index in [1.165, 1.54) is 5.01 Å². The standard InChI is InChI=1S/C20H15N5O2S2/c26-19(12-24-20(27)13-5-1-2-6-14(13)21-23-24)25-16(18-8-4-10-29-18)11-15(22-25)17-7-3-9-28-17/h1-10,16H,11-12H2/t16-/m0/s1. The van der Waals surface area contributed by atoms with Gasteiger partial charge in [0.25, 0.3) is 11.5 Å². The summed E-state index contributed by atoms with van der Waals surface area (Å²) in [5.41, 5.74) is 1.05. The zero-order chi connectivity index (χ0) is 19.8. The predicted molar refractivity (Wildman–Crippen MR) is 113 cm³/mol. The van der Waals surface area contributed by atoms with Crippen LogP contribution in [0.3, 0.4) is 0 Å². The van der Waals surface area contributed by atoms with Crippen molar-refractivity contribution < 1.29 is 4.79 Å². The Kier molecular flexibility index (Phi) is 4.53. The molecule has 0 aliphatic carbocycles. The van der Waals surface area contributed by atoms with E-state index in [0.29, 0.717) is 17.3 Å². The second-order valence-electron chi connectivity index (χ2n) is 6.57. The first-order valence-corrected chi connectivity index (χ1v) is 10.8. The topological polar surface area (TPSA) is 80.4 Å². The van der Waals surface area contributed by atoms with Gasteiger partial charge >= 0.3 is 0 Å². The van der Waals surface area contributed by atoms with Crippen LogP contribution in [0.1, 0.15) is 22.2 Å². The maximum Gasteiger partial charge on any atom is 0.278 e. The van der Waals surface area contributed by atoms with Crippen LogP contribution in [0.15, 0.2) is 69.2 Å². The maximum absolute atomic E-state index is 13.1. The molecule has 3 aromatic heterocycles. The first-order chi connectivity index (χ1) is 14.2. The average molecular weight is 422 g/mol. The minimum atomic E-state index is -0.335. The second-order valence-corrected chi connectivity index (χ2v) is 8.49. The van der Waals surface area contributed by atoms with E-state index in [1.54, 1.807) is 46.9 Å². The molecule has 9 heteroatoms. The van der Waals surface area contributed by atoms with Crippen LogP contribution >= 0.6 is 22.7 Å². The minimum absolute atomic E-state index is 0.177. The lowest BCUT2D eigenvalue weighted by Gasteiger charge is -2.20. The molecular formula is C20H15N5O2S2. The molecule has 1 atom stereocenters. The number of amides is 1. The SMILES string of the molecule is O=C(Cn1nnc2ccccc2c1=O)N1N=C(c2cccs2)C[C@H]1c1cccs1. The van der Waals surface area contributed by atoms with E-state index in [9.17, 15) is 9.59 Å². The molecule has 4 aromatic rings. The molecule has 29 heavy (non-hydrogen) atoms. The lowest BCUT2D eigenvalue weighted by atomic mass is 10.1. The van der Waals surface area contributed by atoms with Gasteiger partial charge in [0.2, 0.25) is 0 Å². The molecule has 0 saturated heterocycles. The summed E-state index contributed by atoms with van der Waals surface area (Å²) in [5.74, 6) is -0.290. The molecule has 0 spiro atoms. The molecule has 0 saturated carbocycles. The summed E-state index contributed by atoms with van der Waals surface area (Å²) in [7, 11) is 0. The van der Waals surface area contributed by atoms with E-state index in [-0.39, 0.29) is 24.1 Å². The van der Waals surface area contributed by atoms with E-state index >= 15 is 0 Å². The first-order valence-electron chi connectivity index (χ1n) is 9.00. The summed E-state index contributed by atoms with van der Waals surface area (Å²) in [6.45, 7) is -0.209. The van der Waals surface area contributed by atoms with Crippen molar-refractivity contribution in [1.82, 2.24) is 20.0 Å². The lowest BCUT2D eigenvalue weighted by molar-refractivity contribution is -0.133. The molecule has 7 nitrogen and oxygen atoms in total. The van der Waals surface area contributed by atoms with Crippen molar-refractivity contribution in [2.75, 3.05) is 0 Å². The van der Waals surface area contributed by atoms with Crippen LogP contribution in [0.25, 0.3) is 10.9 Å². The summed E-state index contributed by atoms with van der Waals surface area (Å²) < 4.78 is 1.11. The molecule has 0 radical (unpaired) electrons. The minimum Gasteiger partial charge on any atom is -0.271 e. The van der Waals surface area contributed by atoms with Gasteiger partial charge in [0.05, 0.1) is 22.0 Å². The summed E-state index contributed by atoms with van der Waals surface area (Å²) in [6, 6.07) is 14.7. The monoisotopic (exact) mass is 421 g/mol. The van der Waals surface area contributed by atoms with E-state index in [4.69, 9.17) is 0 Å². The van der Waals surface area contributed by atoms with Gasteiger partial charge in [-0.25, -0.2) is 9.69 Å². The normalized spacial score (nSPS) is 16.3. The largest absolute Gasteiger partial charge is 0.278 e. The summed E-state index contributed by atoms with van der Waals surface area (Å²) in [4.78, 5) is 27.9. The van der Waals surface area contributed by atoms with E-state index in [0.717, 1.165) is 20.1 Å². The molecular weight excluding hydrogens is 406 g/mol. The number of carbonyl (C=O) groups excluding carboxylic acids is 1. The highest BCUT2D eigenvalue weighted by molar-refractivity contribution is 7.12. The fourth-order valence-corrected chi connectivity index (χ4v) is 4.89. The molecule has 1 aliphatic heterocycles. The fourth-order valence-electron chi connectivity index (χ4n) is 3.36. The number of hydrogen-bond acceptors (Lipinski definition) is 7. The Morgan fingerprint density at radius 1 is 1.07 bits per heavy atom. The molecule has 0 unspecified atom stereocenters. The van der Waals surface area contributed by atoms with Crippen LogP contribution in [0, 0.1) is 0 Å². The molecule has 0 fully saturated rings. The van der Waals surface area contributed by atoms with E-state index in [2.05, 4.69) is 15.4 Å². The molecule has 1 aliphatic rings. The smallest absolute Gasteiger partial charge is 0.271 e. The van der Waals surface area contributed by atoms with Crippen LogP contribution in [0.2, 0.25) is 0 Å². The number of thiophene rings is 2. The Labute approximate surface area is 173 Å². The number of aromatic nitrogens is 3. The summed E-state index contributed by atoms with van der Waals surface area (Å²) >= 11 is 3.19. The molecule has 4 heterocycles. The first kappa shape index (κ1) is 17.9. The van der Waals surface area contributed by atoms with Gasteiger partial charge in [0.15, 0.2) is 0 Å². The highest BCUT2D eigenvalue weighted by atomic mass is 32.1. The van der Waals surface area contributed by atoms with Gasteiger partial charge in [-0.1, -0.05) is 29.5 Å². The third-order valence-electron chi connectivity index (χ3n) is 4.76. The third kappa shape index (κ3) is 3.28. The van der Waals surface area contributed by atoms with Crippen LogP contribution in [0.5, 0.6) is 0 Å². The van der Waals surface area contributed by atoms with E-state index in [1.807, 2.05) is 35.0 Å². The molecule has 5 rings (SSSR count). The molecule has 1 aromatic carbocycles. The van der Waals surface area contributed by atoms with Gasteiger partial charge < -0.3 is 0 Å². The van der Waals surface area contributed by atoms with Crippen molar-refractivity contribution in [3.63, 3.8) is 0 Å². The quantitative estimate of drug-likeness (QED) is 0.506. The van der Waals surface area contributed by atoms with Crippen LogP contribution in [-0.4, -0.2) is 31.6 Å². The van der Waals surface area contributed by atoms with Crippen LogP contribution < -0.4 is 5.56 Å². The van der Waals surface area contributed by atoms with Crippen molar-refractivity contribution in [3.05, 3.63) is 79.4 Å². The molecule has 0 bridgehead atoms. The number of benzene rings is 1. The number of hydrazone groups is 1. The number of hydrogen-bond donors (Lipinski definition) is 0. The van der Waals surface area contributed by atoms with Crippen molar-refractivity contribution in [3.8, 4) is 0 Å². The van der Waals surface area contributed by atoms with Gasteiger partial charge in [-0.05, 0) is 35.0 Å². The predicted octanol–water partition coefficient (Wildman–Crippen LogP) is 3.29. The Bertz CT molecular complexity index is 1260. The van der Waals surface area contributed by atoms with Crippen molar-refractivity contribution in [2.45, 2.75) is 19.0 Å². The number of carbonyl (C=O) groups is 1. The summed E-state index contributed by atoms with van der Waals surface area (Å²) in [6.07, 6.45) is 0.644. The Balaban J connectivity index is 1.48. The van der Waals surface area contributed by atoms with Crippen molar-refractivity contribution in [1.29, 1.82) is 0 Å². The zero-order valence-electron chi connectivity index (χ0n) is 15.1. The van der Waals surface area contributed by atoms with Gasteiger partial charge in [0.1, 0.15) is 12.1 Å². The van der Waals surface area contributed by atoms with Gasteiger partial charge in [0, 0.05) is 11.3 Å². The number of nitrogens with zero attached hydrogens (tertiary/aromatic N) is 5. The van der Waals surface area contributed by atoms with Crippen molar-refractivity contribution >= 4 is 45.2 Å². The highest BCUT2D eigenvalue weighted by Gasteiger charge is 2.34. The number of rotatable bonds is 4. The van der Waals surface area contributed by atoms with E-state index < -0.39 is 0 Å². The zero-order valence-corrected chi connectivity index (χ0v) is 16.8. The van der Waals surface area contributed by atoms with Gasteiger partial charge in [-0.2, -0.15) is 5.10 Å². The highest BCUT2D eigenvalue weighted by Crippen LogP contribution is 2.35. The number of fused-ring (bicyclic) bond motifs is 1. The van der Waals surface area contributed by atoms with Crippen LogP contribution in [-0.2, 0) is 11.3 Å². The second kappa shape index (κ2) is 7.34. The Morgan fingerprint density at radius 2 is 1.90 bits per heavy atom. The molecule has 1 amide bonds. The molecule has 0 N–H and O–H groups in total. The van der Waals surface area contributed by atoms with Gasteiger partial charge in [-0.3, -0.25) is 9.59 Å².